The molecule has 2 aromatic rings. The van der Waals surface area contributed by atoms with Crippen molar-refractivity contribution in [2.24, 2.45) is 5.92 Å². The van der Waals surface area contributed by atoms with Gasteiger partial charge in [0.1, 0.15) is 0 Å². The Hall–Kier alpha value is -2.84. The maximum atomic E-state index is 9.80. The van der Waals surface area contributed by atoms with E-state index in [4.69, 9.17) is 0 Å². The molecule has 0 heterocycles. The Bertz CT molecular complexity index is 806. The van der Waals surface area contributed by atoms with Crippen LogP contribution in [-0.4, -0.2) is 0 Å². The van der Waals surface area contributed by atoms with Crippen molar-refractivity contribution in [3.63, 3.8) is 0 Å². The first-order valence-electron chi connectivity index (χ1n) is 7.96. The molecule has 1 aliphatic rings. The van der Waals surface area contributed by atoms with Crippen LogP contribution in [0.4, 0.5) is 0 Å². The summed E-state index contributed by atoms with van der Waals surface area (Å²) in [5.41, 5.74) is 3.80. The minimum atomic E-state index is -0.214. The van der Waals surface area contributed by atoms with E-state index in [9.17, 15) is 10.5 Å². The number of hydrogen-bond acceptors (Lipinski definition) is 2. The zero-order valence-electron chi connectivity index (χ0n) is 13.1. The first-order chi connectivity index (χ1) is 11.3. The SMILES string of the molecule is CC[C@H](c1ccccc1)[C@H]1C=C(C#N)c2ccccc2[C@H]1C#N. The van der Waals surface area contributed by atoms with Crippen LogP contribution in [0.2, 0.25) is 0 Å². The molecule has 23 heavy (non-hydrogen) atoms. The van der Waals surface area contributed by atoms with Gasteiger partial charge in [-0.25, -0.2) is 0 Å². The fourth-order valence-electron chi connectivity index (χ4n) is 3.63. The Balaban J connectivity index is 2.12. The predicted octanol–water partition coefficient (Wildman–Crippen LogP) is 5.02. The van der Waals surface area contributed by atoms with Crippen molar-refractivity contribution in [2.45, 2.75) is 25.2 Å². The number of nitriles is 2. The van der Waals surface area contributed by atoms with E-state index in [0.717, 1.165) is 17.5 Å². The van der Waals surface area contributed by atoms with Crippen LogP contribution in [0.3, 0.4) is 0 Å². The smallest absolute Gasteiger partial charge is 0.0994 e. The molecule has 0 bridgehead atoms. The van der Waals surface area contributed by atoms with Gasteiger partial charge in [0.05, 0.1) is 23.6 Å². The standard InChI is InChI=1S/C21H18N2/c1-2-17(15-8-4-3-5-9-15)20-12-16(13-22)18-10-6-7-11-19(18)21(20)14-23/h3-12,17,20-21H,2H2,1H3/t17-,20-,21-/m1/s1. The predicted molar refractivity (Wildman–Crippen MR) is 91.4 cm³/mol. The molecular formula is C21H18N2. The summed E-state index contributed by atoms with van der Waals surface area (Å²) in [7, 11) is 0. The van der Waals surface area contributed by atoms with Crippen LogP contribution in [0.1, 0.15) is 41.9 Å². The highest BCUT2D eigenvalue weighted by Crippen LogP contribution is 2.45. The second-order valence-corrected chi connectivity index (χ2v) is 5.89. The first-order valence-corrected chi connectivity index (χ1v) is 7.96. The van der Waals surface area contributed by atoms with E-state index in [-0.39, 0.29) is 17.8 Å². The van der Waals surface area contributed by atoms with Crippen molar-refractivity contribution in [1.82, 2.24) is 0 Å². The number of nitrogens with zero attached hydrogens (tertiary/aromatic N) is 2. The van der Waals surface area contributed by atoms with Crippen molar-refractivity contribution in [1.29, 1.82) is 10.5 Å². The molecule has 0 fully saturated rings. The van der Waals surface area contributed by atoms with Gasteiger partial charge in [-0.2, -0.15) is 10.5 Å². The zero-order chi connectivity index (χ0) is 16.2. The lowest BCUT2D eigenvalue weighted by Crippen LogP contribution is -2.22. The lowest BCUT2D eigenvalue weighted by molar-refractivity contribution is 0.456. The lowest BCUT2D eigenvalue weighted by atomic mass is 9.69. The normalized spacial score (nSPS) is 20.6. The molecular weight excluding hydrogens is 280 g/mol. The number of benzene rings is 2. The number of hydrogen-bond donors (Lipinski definition) is 0. The van der Waals surface area contributed by atoms with E-state index in [1.807, 2.05) is 48.5 Å². The molecule has 112 valence electrons. The molecule has 0 aliphatic heterocycles. The minimum Gasteiger partial charge on any atom is -0.198 e. The largest absolute Gasteiger partial charge is 0.198 e. The molecule has 3 atom stereocenters. The molecule has 1 aliphatic carbocycles. The average molecular weight is 298 g/mol. The van der Waals surface area contributed by atoms with Crippen molar-refractivity contribution in [3.05, 3.63) is 77.4 Å². The molecule has 0 aromatic heterocycles. The van der Waals surface area contributed by atoms with E-state index >= 15 is 0 Å². The third-order valence-electron chi connectivity index (χ3n) is 4.72. The summed E-state index contributed by atoms with van der Waals surface area (Å²) >= 11 is 0. The van der Waals surface area contributed by atoms with E-state index in [1.165, 1.54) is 5.56 Å². The summed E-state index contributed by atoms with van der Waals surface area (Å²) in [5, 5.41) is 19.3. The molecule has 2 nitrogen and oxygen atoms in total. The molecule has 2 heteroatoms. The van der Waals surface area contributed by atoms with Gasteiger partial charge in [0, 0.05) is 5.92 Å². The van der Waals surface area contributed by atoms with Crippen LogP contribution in [0.5, 0.6) is 0 Å². The van der Waals surface area contributed by atoms with Crippen LogP contribution in [0.15, 0.2) is 60.7 Å². The molecule has 0 saturated heterocycles. The monoisotopic (exact) mass is 298 g/mol. The van der Waals surface area contributed by atoms with Crippen LogP contribution in [-0.2, 0) is 0 Å². The van der Waals surface area contributed by atoms with Crippen LogP contribution in [0, 0.1) is 28.6 Å². The average Bonchev–Trinajstić information content (AvgIpc) is 2.62. The van der Waals surface area contributed by atoms with Crippen molar-refractivity contribution in [3.8, 4) is 12.1 Å². The highest BCUT2D eigenvalue weighted by atomic mass is 14.4. The number of fused-ring (bicyclic) bond motifs is 1. The number of rotatable bonds is 3. The Kier molecular flexibility index (Phi) is 4.26. The summed E-state index contributed by atoms with van der Waals surface area (Å²) < 4.78 is 0. The summed E-state index contributed by atoms with van der Waals surface area (Å²) in [6.45, 7) is 2.15. The van der Waals surface area contributed by atoms with Crippen molar-refractivity contribution in [2.75, 3.05) is 0 Å². The minimum absolute atomic E-state index is 0.0250. The highest BCUT2D eigenvalue weighted by molar-refractivity contribution is 5.81. The van der Waals surface area contributed by atoms with Gasteiger partial charge in [-0.1, -0.05) is 67.6 Å². The lowest BCUT2D eigenvalue weighted by Gasteiger charge is -2.32. The molecule has 2 aromatic carbocycles. The maximum absolute atomic E-state index is 9.80. The first kappa shape index (κ1) is 15.1. The van der Waals surface area contributed by atoms with Crippen molar-refractivity contribution >= 4 is 5.57 Å². The Labute approximate surface area is 137 Å². The fourth-order valence-corrected chi connectivity index (χ4v) is 3.63. The van der Waals surface area contributed by atoms with Crippen LogP contribution < -0.4 is 0 Å². The maximum Gasteiger partial charge on any atom is 0.0994 e. The second kappa shape index (κ2) is 6.51. The van der Waals surface area contributed by atoms with Gasteiger partial charge in [0.15, 0.2) is 0 Å². The fraction of sp³-hybridized carbons (Fsp3) is 0.238. The molecule has 3 rings (SSSR count). The quantitative estimate of drug-likeness (QED) is 0.798. The van der Waals surface area contributed by atoms with E-state index in [2.05, 4.69) is 31.2 Å². The van der Waals surface area contributed by atoms with Gasteiger partial charge >= 0.3 is 0 Å². The van der Waals surface area contributed by atoms with Gasteiger partial charge in [0.25, 0.3) is 0 Å². The topological polar surface area (TPSA) is 47.6 Å². The third kappa shape index (κ3) is 2.65. The molecule has 0 spiro atoms. The summed E-state index contributed by atoms with van der Waals surface area (Å²) in [5.74, 6) is 0.0444. The molecule has 0 unspecified atom stereocenters. The number of allylic oxidation sites excluding steroid dienone is 2. The van der Waals surface area contributed by atoms with Gasteiger partial charge in [-0.3, -0.25) is 0 Å². The van der Waals surface area contributed by atoms with Crippen molar-refractivity contribution < 1.29 is 0 Å². The Morgan fingerprint density at radius 1 is 1.00 bits per heavy atom. The van der Waals surface area contributed by atoms with E-state index in [0.29, 0.717) is 5.57 Å². The zero-order valence-corrected chi connectivity index (χ0v) is 13.1. The second-order valence-electron chi connectivity index (χ2n) is 5.89. The van der Waals surface area contributed by atoms with Crippen LogP contribution >= 0.6 is 0 Å². The highest BCUT2D eigenvalue weighted by Gasteiger charge is 2.34. The van der Waals surface area contributed by atoms with E-state index in [1.54, 1.807) is 0 Å². The Morgan fingerprint density at radius 3 is 2.35 bits per heavy atom. The molecule has 0 N–H and O–H groups in total. The molecule has 0 radical (unpaired) electrons. The summed E-state index contributed by atoms with van der Waals surface area (Å²) in [6.07, 6.45) is 2.95. The van der Waals surface area contributed by atoms with Gasteiger partial charge in [-0.05, 0) is 29.0 Å². The Morgan fingerprint density at radius 2 is 1.70 bits per heavy atom. The van der Waals surface area contributed by atoms with Crippen LogP contribution in [0.25, 0.3) is 5.57 Å². The summed E-state index contributed by atoms with van der Waals surface area (Å²) in [4.78, 5) is 0. The third-order valence-corrected chi connectivity index (χ3v) is 4.72. The summed E-state index contributed by atoms with van der Waals surface area (Å²) in [6, 6.07) is 22.9. The molecule has 0 amide bonds. The van der Waals surface area contributed by atoms with E-state index < -0.39 is 0 Å². The molecule has 0 saturated carbocycles. The van der Waals surface area contributed by atoms with Gasteiger partial charge < -0.3 is 0 Å². The van der Waals surface area contributed by atoms with Gasteiger partial charge in [-0.15, -0.1) is 0 Å². The van der Waals surface area contributed by atoms with Gasteiger partial charge in [0.2, 0.25) is 0 Å².